The third-order valence-corrected chi connectivity index (χ3v) is 0. The Morgan fingerprint density at radius 1 is 0.800 bits per heavy atom. The molecule has 0 aliphatic rings. The molecule has 0 bridgehead atoms. The van der Waals surface area contributed by atoms with Gasteiger partial charge in [-0.2, -0.15) is 0 Å². The van der Waals surface area contributed by atoms with E-state index in [4.69, 9.17) is 0 Å². The Kier molecular flexibility index (Phi) is 441. The first-order valence-corrected chi connectivity index (χ1v) is 0. The summed E-state index contributed by atoms with van der Waals surface area (Å²) in [6, 6.07) is 0. The maximum Gasteiger partial charge on any atom is 2.00 e. The van der Waals surface area contributed by atoms with Gasteiger partial charge in [0.1, 0.15) is 0 Å². The van der Waals surface area contributed by atoms with Crippen molar-refractivity contribution < 1.29 is 38.1 Å². The largest absolute Gasteiger partial charge is 2.00 e. The predicted octanol–water partition coefficient (Wildman–Crippen LogP) is -0.798. The molecule has 28 valence electrons. The second-order valence-corrected chi connectivity index (χ2v) is 0. The van der Waals surface area contributed by atoms with Crippen molar-refractivity contribution in [3.8, 4) is 0 Å². The van der Waals surface area contributed by atoms with Crippen LogP contribution in [-0.4, -0.2) is 51.0 Å². The third-order valence-electron chi connectivity index (χ3n) is 0. The molecule has 5 heteroatoms. The molecule has 0 rings (SSSR count). The average molecular weight is 184 g/mol. The van der Waals surface area contributed by atoms with E-state index in [0.717, 1.165) is 0 Å². The van der Waals surface area contributed by atoms with E-state index in [2.05, 4.69) is 0 Å². The van der Waals surface area contributed by atoms with Crippen molar-refractivity contribution in [2.75, 3.05) is 0 Å². The van der Waals surface area contributed by atoms with E-state index in [9.17, 15) is 0 Å². The summed E-state index contributed by atoms with van der Waals surface area (Å²) in [4.78, 5) is 0. The molecule has 0 aromatic heterocycles. The summed E-state index contributed by atoms with van der Waals surface area (Å²) in [5.74, 6) is 0. The Morgan fingerprint density at radius 2 is 0.800 bits per heavy atom. The second-order valence-electron chi connectivity index (χ2n) is 0. The molecule has 0 aliphatic carbocycles. The van der Waals surface area contributed by atoms with Crippen molar-refractivity contribution in [3.63, 3.8) is 0 Å². The van der Waals surface area contributed by atoms with Gasteiger partial charge in [-0.15, -0.1) is 0 Å². The van der Waals surface area contributed by atoms with E-state index >= 15 is 0 Å². The maximum atomic E-state index is 0. The molecule has 0 radical (unpaired) electrons. The van der Waals surface area contributed by atoms with Crippen molar-refractivity contribution in [1.29, 1.82) is 0 Å². The van der Waals surface area contributed by atoms with Gasteiger partial charge in [-0.3, -0.25) is 0 Å². The zero-order chi connectivity index (χ0) is 0. The Balaban J connectivity index is 0. The average Bonchev–Trinajstić information content (AvgIpc) is 0. The fourth-order valence-electron chi connectivity index (χ4n) is 0. The predicted molar refractivity (Wildman–Crippen MR) is 9.06 cm³/mol. The van der Waals surface area contributed by atoms with Gasteiger partial charge in [0.15, 0.2) is 0 Å². The van der Waals surface area contributed by atoms with Gasteiger partial charge in [0.25, 0.3) is 0 Å². The van der Waals surface area contributed by atoms with E-state index in [0.29, 0.717) is 0 Å². The standard InChI is InChI=1S/H2O.2O.Sr.Ti/h1H2;;;;/q;2*-2;+2;/p-1. The zero-order valence-corrected chi connectivity index (χ0v) is 7.51. The van der Waals surface area contributed by atoms with Crippen molar-refractivity contribution >= 4 is 45.5 Å². The van der Waals surface area contributed by atoms with Gasteiger partial charge in [-0.25, -0.2) is 0 Å². The SMILES string of the molecule is [O-2].[O-2].[OH-].[Sr+2].[Ti]. The molecule has 0 saturated heterocycles. The first kappa shape index (κ1) is 60.6. The van der Waals surface area contributed by atoms with E-state index in [-0.39, 0.29) is 83.6 Å². The van der Waals surface area contributed by atoms with Crippen molar-refractivity contribution in [3.05, 3.63) is 0 Å². The molecule has 1 N–H and O–H groups in total. The summed E-state index contributed by atoms with van der Waals surface area (Å²) >= 11 is 0. The summed E-state index contributed by atoms with van der Waals surface area (Å²) in [6.07, 6.45) is 0. The molecule has 0 amide bonds. The van der Waals surface area contributed by atoms with Crippen LogP contribution in [0, 0.1) is 0 Å². The van der Waals surface area contributed by atoms with Gasteiger partial charge in [-0.1, -0.05) is 0 Å². The Morgan fingerprint density at radius 3 is 0.800 bits per heavy atom. The van der Waals surface area contributed by atoms with Crippen LogP contribution in [0.2, 0.25) is 0 Å². The van der Waals surface area contributed by atoms with E-state index in [1.807, 2.05) is 0 Å². The molecule has 0 saturated carbocycles. The molecule has 0 aliphatic heterocycles. The summed E-state index contributed by atoms with van der Waals surface area (Å²) in [6.45, 7) is 0. The number of hydrogen-bond donors (Lipinski definition) is 0. The first-order valence-electron chi connectivity index (χ1n) is 0. The Hall–Kier alpha value is 2.07. The van der Waals surface area contributed by atoms with E-state index < -0.39 is 0 Å². The molecule has 3 nitrogen and oxygen atoms in total. The van der Waals surface area contributed by atoms with Gasteiger partial charge < -0.3 is 16.4 Å². The normalized spacial score (nSPS) is 0. The monoisotopic (exact) mass is 185 g/mol. The minimum absolute atomic E-state index is 0. The summed E-state index contributed by atoms with van der Waals surface area (Å²) in [7, 11) is 0. The third kappa shape index (κ3) is 23.4. The van der Waals surface area contributed by atoms with Crippen LogP contribution >= 0.6 is 0 Å². The maximum absolute atomic E-state index is 0. The van der Waals surface area contributed by atoms with Gasteiger partial charge >= 0.3 is 45.5 Å². The second kappa shape index (κ2) is 36.3. The summed E-state index contributed by atoms with van der Waals surface area (Å²) in [5, 5.41) is 0. The van der Waals surface area contributed by atoms with Crippen LogP contribution < -0.4 is 0 Å². The molecular formula is HO3SrTi-3. The minimum Gasteiger partial charge on any atom is -2.00 e. The Labute approximate surface area is 82.2 Å². The van der Waals surface area contributed by atoms with Crippen molar-refractivity contribution in [2.45, 2.75) is 0 Å². The summed E-state index contributed by atoms with van der Waals surface area (Å²) < 4.78 is 0. The molecule has 0 aromatic rings. The van der Waals surface area contributed by atoms with Gasteiger partial charge in [-0.05, 0) is 0 Å². The summed E-state index contributed by atoms with van der Waals surface area (Å²) in [5.41, 5.74) is 0. The van der Waals surface area contributed by atoms with Crippen molar-refractivity contribution in [1.82, 2.24) is 0 Å². The molecule has 0 unspecified atom stereocenters. The molecule has 0 atom stereocenters. The first-order chi connectivity index (χ1) is 0. The fourth-order valence-corrected chi connectivity index (χ4v) is 0. The molecule has 0 aromatic carbocycles. The van der Waals surface area contributed by atoms with Crippen LogP contribution in [-0.2, 0) is 32.7 Å². The fraction of sp³-hybridized carbons (Fsp3) is 0. The van der Waals surface area contributed by atoms with Crippen LogP contribution in [0.1, 0.15) is 0 Å². The van der Waals surface area contributed by atoms with Crippen LogP contribution in [0.3, 0.4) is 0 Å². The van der Waals surface area contributed by atoms with Gasteiger partial charge in [0.2, 0.25) is 0 Å². The molecular weight excluding hydrogens is 183 g/mol. The van der Waals surface area contributed by atoms with E-state index in [1.165, 1.54) is 0 Å². The van der Waals surface area contributed by atoms with Crippen LogP contribution in [0.15, 0.2) is 0 Å². The van der Waals surface area contributed by atoms with Crippen LogP contribution in [0.4, 0.5) is 0 Å². The topological polar surface area (TPSA) is 87.0 Å². The zero-order valence-electron chi connectivity index (χ0n) is 2.47. The number of hydrogen-bond acceptors (Lipinski definition) is 1. The Bertz CT molecular complexity index is 6.85. The molecule has 0 spiro atoms. The van der Waals surface area contributed by atoms with Gasteiger partial charge in [0.05, 0.1) is 0 Å². The van der Waals surface area contributed by atoms with Crippen LogP contribution in [0.25, 0.3) is 0 Å². The minimum atomic E-state index is 0. The quantitative estimate of drug-likeness (QED) is 0.454. The smallest absolute Gasteiger partial charge is 2.00 e. The van der Waals surface area contributed by atoms with E-state index in [1.54, 1.807) is 0 Å². The van der Waals surface area contributed by atoms with Gasteiger partial charge in [0, 0.05) is 21.7 Å². The molecule has 0 heterocycles. The molecule has 5 heavy (non-hydrogen) atoms. The molecule has 0 fully saturated rings. The van der Waals surface area contributed by atoms with Crippen molar-refractivity contribution in [2.24, 2.45) is 0 Å². The van der Waals surface area contributed by atoms with Crippen LogP contribution in [0.5, 0.6) is 0 Å². The number of rotatable bonds is 0.